The van der Waals surface area contributed by atoms with E-state index in [4.69, 9.17) is 0 Å². The van der Waals surface area contributed by atoms with Gasteiger partial charge >= 0.3 is 0 Å². The van der Waals surface area contributed by atoms with Gasteiger partial charge in [0, 0.05) is 51.7 Å². The molecule has 3 unspecified atom stereocenters. The Labute approximate surface area is 153 Å². The summed E-state index contributed by atoms with van der Waals surface area (Å²) in [6, 6.07) is 0. The van der Waals surface area contributed by atoms with Gasteiger partial charge < -0.3 is 14.7 Å². The summed E-state index contributed by atoms with van der Waals surface area (Å²) < 4.78 is 0. The zero-order valence-electron chi connectivity index (χ0n) is 16.2. The van der Waals surface area contributed by atoms with Crippen molar-refractivity contribution in [1.82, 2.24) is 14.7 Å². The van der Waals surface area contributed by atoms with E-state index in [0.29, 0.717) is 17.7 Å². The molecule has 4 rings (SSSR count). The minimum absolute atomic E-state index is 0.394. The first kappa shape index (κ1) is 17.8. The van der Waals surface area contributed by atoms with Crippen LogP contribution in [0.5, 0.6) is 0 Å². The Bertz CT molecular complexity index is 454. The lowest BCUT2D eigenvalue weighted by Crippen LogP contribution is -2.49. The number of piperidine rings is 1. The van der Waals surface area contributed by atoms with Gasteiger partial charge in [0.1, 0.15) is 0 Å². The van der Waals surface area contributed by atoms with Gasteiger partial charge in [-0.1, -0.05) is 32.1 Å². The van der Waals surface area contributed by atoms with Crippen molar-refractivity contribution in [1.29, 1.82) is 0 Å². The summed E-state index contributed by atoms with van der Waals surface area (Å²) >= 11 is 0. The highest BCUT2D eigenvalue weighted by Gasteiger charge is 2.49. The summed E-state index contributed by atoms with van der Waals surface area (Å²) in [6.45, 7) is 8.04. The first-order valence-electron chi connectivity index (χ1n) is 10.9. The number of piperazine rings is 1. The van der Waals surface area contributed by atoms with Crippen molar-refractivity contribution in [3.63, 3.8) is 0 Å². The highest BCUT2D eigenvalue weighted by Crippen LogP contribution is 2.50. The number of hydrogen-bond donors (Lipinski definition) is 0. The van der Waals surface area contributed by atoms with Gasteiger partial charge in [-0.05, 0) is 44.1 Å². The van der Waals surface area contributed by atoms with Crippen LogP contribution in [0.1, 0.15) is 51.4 Å². The molecule has 4 nitrogen and oxygen atoms in total. The summed E-state index contributed by atoms with van der Waals surface area (Å²) in [7, 11) is 2.22. The average Bonchev–Trinajstić information content (AvgIpc) is 3.45. The van der Waals surface area contributed by atoms with Gasteiger partial charge in [0.15, 0.2) is 0 Å². The Balaban J connectivity index is 1.24. The van der Waals surface area contributed by atoms with Gasteiger partial charge in [0.2, 0.25) is 5.91 Å². The molecule has 4 fully saturated rings. The lowest BCUT2D eigenvalue weighted by atomic mass is 9.85. The zero-order valence-corrected chi connectivity index (χ0v) is 16.2. The lowest BCUT2D eigenvalue weighted by molar-refractivity contribution is -0.135. The van der Waals surface area contributed by atoms with Crippen LogP contribution in [-0.2, 0) is 4.79 Å². The maximum atomic E-state index is 13.0. The van der Waals surface area contributed by atoms with E-state index < -0.39 is 0 Å². The molecule has 2 aliphatic heterocycles. The molecule has 0 radical (unpaired) electrons. The summed E-state index contributed by atoms with van der Waals surface area (Å²) in [5.41, 5.74) is 0. The quantitative estimate of drug-likeness (QED) is 0.782. The van der Waals surface area contributed by atoms with E-state index in [1.807, 2.05) is 0 Å². The van der Waals surface area contributed by atoms with Crippen LogP contribution in [0.2, 0.25) is 0 Å². The largest absolute Gasteiger partial charge is 0.342 e. The number of likely N-dealkylation sites (N-methyl/N-ethyl adjacent to an activating group) is 1. The molecule has 0 aromatic carbocycles. The standard InChI is InChI=1S/C21H37N3O/c1-22-10-12-23(13-11-22)15-17-6-5-9-24(16-17)21(25)20-14-19(20)18-7-3-2-4-8-18/h17-20H,2-16H2,1H3. The van der Waals surface area contributed by atoms with Crippen LogP contribution < -0.4 is 0 Å². The molecular formula is C21H37N3O. The van der Waals surface area contributed by atoms with Crippen molar-refractivity contribution in [2.24, 2.45) is 23.7 Å². The van der Waals surface area contributed by atoms with Crippen molar-refractivity contribution >= 4 is 5.91 Å². The normalized spacial score (nSPS) is 35.7. The van der Waals surface area contributed by atoms with E-state index in [9.17, 15) is 4.79 Å². The second-order valence-electron chi connectivity index (χ2n) is 9.30. The minimum Gasteiger partial charge on any atom is -0.342 e. The Hall–Kier alpha value is -0.610. The van der Waals surface area contributed by atoms with E-state index in [2.05, 4.69) is 21.7 Å². The highest BCUT2D eigenvalue weighted by atomic mass is 16.2. The zero-order chi connectivity index (χ0) is 17.2. The number of nitrogens with zero attached hydrogens (tertiary/aromatic N) is 3. The third-order valence-electron chi connectivity index (χ3n) is 7.36. The molecule has 0 aromatic rings. The van der Waals surface area contributed by atoms with E-state index >= 15 is 0 Å². The molecule has 0 N–H and O–H groups in total. The molecule has 4 aliphatic rings. The van der Waals surface area contributed by atoms with E-state index in [0.717, 1.165) is 24.9 Å². The van der Waals surface area contributed by atoms with Crippen LogP contribution in [-0.4, -0.2) is 73.5 Å². The number of likely N-dealkylation sites (tertiary alicyclic amines) is 1. The Kier molecular flexibility index (Phi) is 5.66. The van der Waals surface area contributed by atoms with Gasteiger partial charge in [-0.15, -0.1) is 0 Å². The smallest absolute Gasteiger partial charge is 0.225 e. The van der Waals surface area contributed by atoms with Gasteiger partial charge in [-0.2, -0.15) is 0 Å². The fraction of sp³-hybridized carbons (Fsp3) is 0.952. The fourth-order valence-corrected chi connectivity index (χ4v) is 5.63. The van der Waals surface area contributed by atoms with Crippen molar-refractivity contribution in [2.75, 3.05) is 52.9 Å². The van der Waals surface area contributed by atoms with Gasteiger partial charge in [0.25, 0.3) is 0 Å². The minimum atomic E-state index is 0.394. The second kappa shape index (κ2) is 7.96. The molecule has 2 aliphatic carbocycles. The van der Waals surface area contributed by atoms with Crippen LogP contribution in [0.4, 0.5) is 0 Å². The van der Waals surface area contributed by atoms with Crippen molar-refractivity contribution < 1.29 is 4.79 Å². The Morgan fingerprint density at radius 3 is 2.44 bits per heavy atom. The van der Waals surface area contributed by atoms with Crippen LogP contribution >= 0.6 is 0 Å². The summed E-state index contributed by atoms with van der Waals surface area (Å²) in [5, 5.41) is 0. The molecule has 3 atom stereocenters. The van der Waals surface area contributed by atoms with Crippen LogP contribution in [0, 0.1) is 23.7 Å². The topological polar surface area (TPSA) is 26.8 Å². The number of carbonyl (C=O) groups excluding carboxylic acids is 1. The number of amides is 1. The predicted octanol–water partition coefficient (Wildman–Crippen LogP) is 2.69. The fourth-order valence-electron chi connectivity index (χ4n) is 5.63. The molecule has 0 aromatic heterocycles. The van der Waals surface area contributed by atoms with Gasteiger partial charge in [-0.25, -0.2) is 0 Å². The molecule has 142 valence electrons. The third-order valence-corrected chi connectivity index (χ3v) is 7.36. The molecule has 2 saturated carbocycles. The van der Waals surface area contributed by atoms with Crippen LogP contribution in [0.15, 0.2) is 0 Å². The van der Waals surface area contributed by atoms with Crippen molar-refractivity contribution in [3.05, 3.63) is 0 Å². The Morgan fingerprint density at radius 1 is 0.920 bits per heavy atom. The summed E-state index contributed by atoms with van der Waals surface area (Å²) in [5.74, 6) is 3.22. The van der Waals surface area contributed by atoms with Crippen LogP contribution in [0.3, 0.4) is 0 Å². The van der Waals surface area contributed by atoms with Crippen LogP contribution in [0.25, 0.3) is 0 Å². The Morgan fingerprint density at radius 2 is 1.68 bits per heavy atom. The van der Waals surface area contributed by atoms with E-state index in [-0.39, 0.29) is 0 Å². The molecule has 2 heterocycles. The molecule has 2 saturated heterocycles. The number of hydrogen-bond acceptors (Lipinski definition) is 3. The summed E-state index contributed by atoms with van der Waals surface area (Å²) in [4.78, 5) is 20.3. The monoisotopic (exact) mass is 347 g/mol. The molecule has 0 spiro atoms. The molecule has 1 amide bonds. The van der Waals surface area contributed by atoms with E-state index in [1.54, 1.807) is 0 Å². The number of carbonyl (C=O) groups is 1. The van der Waals surface area contributed by atoms with Gasteiger partial charge in [-0.3, -0.25) is 4.79 Å². The highest BCUT2D eigenvalue weighted by molar-refractivity contribution is 5.81. The van der Waals surface area contributed by atoms with Crippen molar-refractivity contribution in [2.45, 2.75) is 51.4 Å². The van der Waals surface area contributed by atoms with Gasteiger partial charge in [0.05, 0.1) is 0 Å². The second-order valence-corrected chi connectivity index (χ2v) is 9.30. The predicted molar refractivity (Wildman–Crippen MR) is 101 cm³/mol. The SMILES string of the molecule is CN1CCN(CC2CCCN(C(=O)C3CC3C3CCCCC3)C2)CC1. The lowest BCUT2D eigenvalue weighted by Gasteiger charge is -2.38. The molecule has 0 bridgehead atoms. The first-order chi connectivity index (χ1) is 12.2. The average molecular weight is 348 g/mol. The summed E-state index contributed by atoms with van der Waals surface area (Å²) in [6.07, 6.45) is 10.7. The molecular weight excluding hydrogens is 310 g/mol. The molecule has 25 heavy (non-hydrogen) atoms. The third kappa shape index (κ3) is 4.39. The van der Waals surface area contributed by atoms with Crippen molar-refractivity contribution in [3.8, 4) is 0 Å². The maximum absolute atomic E-state index is 13.0. The molecule has 4 heteroatoms. The first-order valence-corrected chi connectivity index (χ1v) is 10.9. The maximum Gasteiger partial charge on any atom is 0.225 e. The van der Waals surface area contributed by atoms with E-state index in [1.165, 1.54) is 84.1 Å². The number of rotatable bonds is 4.